The summed E-state index contributed by atoms with van der Waals surface area (Å²) < 4.78 is 9.03. The van der Waals surface area contributed by atoms with Crippen molar-refractivity contribution in [2.24, 2.45) is 7.05 Å². The molecule has 0 aliphatic rings. The van der Waals surface area contributed by atoms with E-state index in [1.165, 1.54) is 0 Å². The number of aryl methyl sites for hydroxylation is 2. The van der Waals surface area contributed by atoms with Crippen LogP contribution in [-0.2, 0) is 13.6 Å². The lowest BCUT2D eigenvalue weighted by molar-refractivity contribution is 0.340. The molecule has 0 aliphatic heterocycles. The highest BCUT2D eigenvalue weighted by molar-refractivity contribution is 5.76. The highest BCUT2D eigenvalue weighted by Gasteiger charge is 2.13. The van der Waals surface area contributed by atoms with Gasteiger partial charge in [0.2, 0.25) is 0 Å². The van der Waals surface area contributed by atoms with Crippen molar-refractivity contribution in [3.63, 3.8) is 0 Å². The zero-order valence-electron chi connectivity index (χ0n) is 18.0. The van der Waals surface area contributed by atoms with Crippen LogP contribution >= 0.6 is 0 Å². The molecule has 0 radical (unpaired) electrons. The average molecular weight is 415 g/mol. The van der Waals surface area contributed by atoms with E-state index in [2.05, 4.69) is 22.5 Å². The molecule has 0 saturated heterocycles. The third kappa shape index (κ3) is 4.53. The summed E-state index contributed by atoms with van der Waals surface area (Å²) in [4.78, 5) is 13.1. The monoisotopic (exact) mass is 414 g/mol. The van der Waals surface area contributed by atoms with Crippen LogP contribution in [0.3, 0.4) is 0 Å². The molecule has 6 nitrogen and oxygen atoms in total. The summed E-state index contributed by atoms with van der Waals surface area (Å²) >= 11 is 0. The summed E-state index contributed by atoms with van der Waals surface area (Å²) in [5.41, 5.74) is 5.47. The lowest BCUT2D eigenvalue weighted by atomic mass is 10.1. The molecular weight excluding hydrogens is 388 g/mol. The minimum atomic E-state index is -0.101. The lowest BCUT2D eigenvalue weighted by Crippen LogP contribution is -2.19. The number of hydrogen-bond donors (Lipinski definition) is 1. The van der Waals surface area contributed by atoms with Crippen molar-refractivity contribution in [1.82, 2.24) is 14.3 Å². The zero-order chi connectivity index (χ0) is 21.8. The van der Waals surface area contributed by atoms with Crippen molar-refractivity contribution in [1.29, 1.82) is 0 Å². The smallest absolute Gasteiger partial charge is 0.257 e. The van der Waals surface area contributed by atoms with E-state index in [4.69, 9.17) is 4.74 Å². The van der Waals surface area contributed by atoms with E-state index in [0.29, 0.717) is 13.2 Å². The first-order chi connectivity index (χ1) is 15.0. The van der Waals surface area contributed by atoms with E-state index in [-0.39, 0.29) is 5.56 Å². The molecule has 0 atom stereocenters. The first-order valence-electron chi connectivity index (χ1n) is 10.3. The van der Waals surface area contributed by atoms with Crippen molar-refractivity contribution in [3.05, 3.63) is 94.7 Å². The van der Waals surface area contributed by atoms with Crippen molar-refractivity contribution in [2.75, 3.05) is 11.9 Å². The average Bonchev–Trinajstić information content (AvgIpc) is 3.20. The fraction of sp³-hybridized carbons (Fsp3) is 0.200. The van der Waals surface area contributed by atoms with Gasteiger partial charge in [0.1, 0.15) is 5.75 Å². The van der Waals surface area contributed by atoms with Gasteiger partial charge in [0.25, 0.3) is 5.56 Å². The maximum Gasteiger partial charge on any atom is 0.257 e. The molecule has 6 heteroatoms. The predicted octanol–water partition coefficient (Wildman–Crippen LogP) is 4.56. The summed E-state index contributed by atoms with van der Waals surface area (Å²) in [5, 5.41) is 7.74. The van der Waals surface area contributed by atoms with Gasteiger partial charge in [-0.1, -0.05) is 30.3 Å². The van der Waals surface area contributed by atoms with Crippen LogP contribution in [0.4, 0.5) is 5.69 Å². The fourth-order valence-electron chi connectivity index (χ4n) is 3.61. The fourth-order valence-corrected chi connectivity index (χ4v) is 3.61. The Morgan fingerprint density at radius 1 is 1.06 bits per heavy atom. The highest BCUT2D eigenvalue weighted by atomic mass is 16.5. The summed E-state index contributed by atoms with van der Waals surface area (Å²) in [5.74, 6) is 0.797. The SMILES string of the molecule is CCOc1ccc(-n2cc(-c3cnn(C)c3)c(NCc3ccccc3)cc2=O)c(C)c1. The molecule has 1 N–H and O–H groups in total. The molecule has 4 aromatic rings. The summed E-state index contributed by atoms with van der Waals surface area (Å²) in [6, 6.07) is 17.5. The molecule has 31 heavy (non-hydrogen) atoms. The molecule has 0 amide bonds. The Labute approximate surface area is 181 Å². The first-order valence-corrected chi connectivity index (χ1v) is 10.3. The molecule has 0 fully saturated rings. The van der Waals surface area contributed by atoms with Crippen molar-refractivity contribution < 1.29 is 4.74 Å². The Bertz CT molecular complexity index is 1240. The Morgan fingerprint density at radius 3 is 2.55 bits per heavy atom. The van der Waals surface area contributed by atoms with Gasteiger partial charge >= 0.3 is 0 Å². The van der Waals surface area contributed by atoms with Gasteiger partial charge in [0.05, 0.1) is 18.5 Å². The second-order valence-corrected chi connectivity index (χ2v) is 7.43. The Morgan fingerprint density at radius 2 is 1.87 bits per heavy atom. The lowest BCUT2D eigenvalue weighted by Gasteiger charge is -2.16. The van der Waals surface area contributed by atoms with Gasteiger partial charge in [-0.05, 0) is 43.2 Å². The zero-order valence-corrected chi connectivity index (χ0v) is 18.0. The van der Waals surface area contributed by atoms with Gasteiger partial charge in [0.15, 0.2) is 0 Å². The molecule has 0 bridgehead atoms. The Hall–Kier alpha value is -3.80. The number of ether oxygens (including phenoxy) is 1. The highest BCUT2D eigenvalue weighted by Crippen LogP contribution is 2.28. The van der Waals surface area contributed by atoms with Gasteiger partial charge in [-0.25, -0.2) is 0 Å². The van der Waals surface area contributed by atoms with Crippen LogP contribution in [-0.4, -0.2) is 21.0 Å². The molecule has 0 unspecified atom stereocenters. The van der Waals surface area contributed by atoms with Gasteiger partial charge in [-0.15, -0.1) is 0 Å². The molecule has 0 spiro atoms. The van der Waals surface area contributed by atoms with Crippen LogP contribution in [0, 0.1) is 6.92 Å². The van der Waals surface area contributed by atoms with Crippen LogP contribution in [0.25, 0.3) is 16.8 Å². The number of anilines is 1. The van der Waals surface area contributed by atoms with E-state index in [0.717, 1.165) is 39.4 Å². The number of benzene rings is 2. The number of hydrogen-bond acceptors (Lipinski definition) is 4. The molecule has 158 valence electrons. The number of nitrogens with zero attached hydrogens (tertiary/aromatic N) is 3. The van der Waals surface area contributed by atoms with Gasteiger partial charge in [0, 0.05) is 48.9 Å². The Kier molecular flexibility index (Phi) is 5.89. The van der Waals surface area contributed by atoms with Crippen LogP contribution in [0.2, 0.25) is 0 Å². The number of rotatable bonds is 7. The molecule has 2 aromatic heterocycles. The molecular formula is C25H26N4O2. The minimum absolute atomic E-state index is 0.101. The van der Waals surface area contributed by atoms with Crippen LogP contribution in [0.1, 0.15) is 18.1 Å². The molecule has 0 saturated carbocycles. The second-order valence-electron chi connectivity index (χ2n) is 7.43. The van der Waals surface area contributed by atoms with Crippen LogP contribution < -0.4 is 15.6 Å². The van der Waals surface area contributed by atoms with Crippen molar-refractivity contribution in [2.45, 2.75) is 20.4 Å². The second kappa shape index (κ2) is 8.92. The van der Waals surface area contributed by atoms with Gasteiger partial charge < -0.3 is 10.1 Å². The summed E-state index contributed by atoms with van der Waals surface area (Å²) in [7, 11) is 1.88. The van der Waals surface area contributed by atoms with Crippen LogP contribution in [0.15, 0.2) is 78.0 Å². The molecule has 2 heterocycles. The van der Waals surface area contributed by atoms with Crippen molar-refractivity contribution in [3.8, 4) is 22.6 Å². The summed E-state index contributed by atoms with van der Waals surface area (Å²) in [6.45, 7) is 5.16. The van der Waals surface area contributed by atoms with Gasteiger partial charge in [-0.2, -0.15) is 5.10 Å². The quantitative estimate of drug-likeness (QED) is 0.482. The largest absolute Gasteiger partial charge is 0.494 e. The number of aromatic nitrogens is 3. The number of pyridine rings is 1. The van der Waals surface area contributed by atoms with E-state index in [1.54, 1.807) is 15.3 Å². The molecule has 2 aromatic carbocycles. The van der Waals surface area contributed by atoms with E-state index in [1.807, 2.05) is 75.9 Å². The topological polar surface area (TPSA) is 61.1 Å². The standard InChI is InChI=1S/C25H26N4O2/c1-4-31-21-10-11-24(18(2)12-21)29-17-22(20-15-27-28(3)16-20)23(13-25(29)30)26-14-19-8-6-5-7-9-19/h5-13,15-17,26H,4,14H2,1-3H3. The maximum absolute atomic E-state index is 13.1. The normalized spacial score (nSPS) is 10.8. The van der Waals surface area contributed by atoms with Gasteiger partial charge in [-0.3, -0.25) is 14.0 Å². The number of nitrogens with one attached hydrogen (secondary N) is 1. The molecule has 4 rings (SSSR count). The van der Waals surface area contributed by atoms with E-state index < -0.39 is 0 Å². The van der Waals surface area contributed by atoms with Crippen LogP contribution in [0.5, 0.6) is 5.75 Å². The maximum atomic E-state index is 13.1. The third-order valence-corrected chi connectivity index (χ3v) is 5.13. The first kappa shape index (κ1) is 20.5. The van der Waals surface area contributed by atoms with Crippen molar-refractivity contribution >= 4 is 5.69 Å². The predicted molar refractivity (Wildman–Crippen MR) is 124 cm³/mol. The van der Waals surface area contributed by atoms with E-state index in [9.17, 15) is 4.79 Å². The van der Waals surface area contributed by atoms with E-state index >= 15 is 0 Å². The molecule has 0 aliphatic carbocycles. The third-order valence-electron chi connectivity index (χ3n) is 5.13. The minimum Gasteiger partial charge on any atom is -0.494 e. The summed E-state index contributed by atoms with van der Waals surface area (Å²) in [6.07, 6.45) is 5.64. The Balaban J connectivity index is 1.77.